The lowest BCUT2D eigenvalue weighted by molar-refractivity contribution is -0.265. The van der Waals surface area contributed by atoms with Crippen molar-refractivity contribution >= 4 is 23.6 Å². The number of hydrogen-bond donors (Lipinski definition) is 4. The van der Waals surface area contributed by atoms with Gasteiger partial charge in [0.15, 0.2) is 0 Å². The molecule has 0 unspecified atom stereocenters. The molecule has 0 aliphatic heterocycles. The fourth-order valence-electron chi connectivity index (χ4n) is 3.80. The summed E-state index contributed by atoms with van der Waals surface area (Å²) in [4.78, 5) is 39.9. The molecule has 3 aromatic rings. The molecule has 2 aromatic carbocycles. The summed E-state index contributed by atoms with van der Waals surface area (Å²) in [5.74, 6) is -3.83. The van der Waals surface area contributed by atoms with Crippen molar-refractivity contribution in [3.8, 4) is 17.0 Å². The molecule has 3 rings (SSSR count). The Morgan fingerprint density at radius 1 is 1.05 bits per heavy atom. The van der Waals surface area contributed by atoms with Gasteiger partial charge >= 0.3 is 12.3 Å². The summed E-state index contributed by atoms with van der Waals surface area (Å²) in [6.07, 6.45) is -7.11. The van der Waals surface area contributed by atoms with Gasteiger partial charge in [-0.2, -0.15) is 13.2 Å². The quantitative estimate of drug-likeness (QED) is 0.260. The van der Waals surface area contributed by atoms with E-state index >= 15 is 0 Å². The maximum absolute atomic E-state index is 14.4. The SMILES string of the molecule is CCOc1c(CC(N)=O)cc([C@@](O)(CNC(=O)c2ccc(F)c(NC(=O)OC)c2)C(F)(F)F)nc1-c1ccc(F)cc1. The number of ether oxygens (including phenoxy) is 2. The topological polar surface area (TPSA) is 153 Å². The van der Waals surface area contributed by atoms with Gasteiger partial charge in [-0.1, -0.05) is 0 Å². The first-order valence-electron chi connectivity index (χ1n) is 12.1. The summed E-state index contributed by atoms with van der Waals surface area (Å²) in [7, 11) is 1.01. The number of amides is 3. The standard InChI is InChI=1S/C27H25F5N4O6/c1-3-42-23-16(12-21(33)37)11-20(36-22(23)14-4-7-17(28)8-5-14)26(40,27(30,31)32)13-34-24(38)15-6-9-18(29)19(10-15)35-25(39)41-2/h4-11,40H,3,12-13H2,1-2H3,(H2,33,37)(H,34,38)(H,35,39)/t26-/m0/s1. The summed E-state index contributed by atoms with van der Waals surface area (Å²) < 4.78 is 80.9. The lowest BCUT2D eigenvalue weighted by Crippen LogP contribution is -2.51. The number of halogens is 5. The summed E-state index contributed by atoms with van der Waals surface area (Å²) in [6, 6.07) is 7.81. The van der Waals surface area contributed by atoms with Gasteiger partial charge in [-0.05, 0) is 55.5 Å². The molecule has 0 spiro atoms. The van der Waals surface area contributed by atoms with E-state index in [-0.39, 0.29) is 34.7 Å². The Labute approximate surface area is 235 Å². The fourth-order valence-corrected chi connectivity index (χ4v) is 3.80. The van der Waals surface area contributed by atoms with Crippen molar-refractivity contribution < 1.29 is 50.9 Å². The lowest BCUT2D eigenvalue weighted by atomic mass is 9.93. The van der Waals surface area contributed by atoms with Gasteiger partial charge in [-0.15, -0.1) is 0 Å². The van der Waals surface area contributed by atoms with Crippen molar-refractivity contribution in [1.29, 1.82) is 0 Å². The van der Waals surface area contributed by atoms with E-state index in [2.05, 4.69) is 9.72 Å². The number of anilines is 1. The average Bonchev–Trinajstić information content (AvgIpc) is 2.93. The third kappa shape index (κ3) is 7.09. The zero-order valence-corrected chi connectivity index (χ0v) is 22.1. The Balaban J connectivity index is 2.09. The van der Waals surface area contributed by atoms with E-state index in [0.29, 0.717) is 0 Å². The highest BCUT2D eigenvalue weighted by Gasteiger charge is 2.56. The number of nitrogens with two attached hydrogens (primary N) is 1. The molecule has 3 amide bonds. The Kier molecular flexibility index (Phi) is 9.67. The summed E-state index contributed by atoms with van der Waals surface area (Å²) in [5.41, 5.74) is -0.727. The molecule has 15 heteroatoms. The largest absolute Gasteiger partial charge is 0.491 e. The molecule has 10 nitrogen and oxygen atoms in total. The molecule has 42 heavy (non-hydrogen) atoms. The van der Waals surface area contributed by atoms with Gasteiger partial charge in [0.1, 0.15) is 23.1 Å². The van der Waals surface area contributed by atoms with Crippen molar-refractivity contribution in [2.24, 2.45) is 5.73 Å². The summed E-state index contributed by atoms with van der Waals surface area (Å²) in [6.45, 7) is 0.0942. The zero-order valence-electron chi connectivity index (χ0n) is 22.1. The number of primary amides is 1. The predicted molar refractivity (Wildman–Crippen MR) is 138 cm³/mol. The van der Waals surface area contributed by atoms with Gasteiger partial charge in [0, 0.05) is 16.7 Å². The van der Waals surface area contributed by atoms with Crippen LogP contribution in [-0.4, -0.2) is 54.4 Å². The first-order valence-corrected chi connectivity index (χ1v) is 12.1. The van der Waals surface area contributed by atoms with E-state index in [0.717, 1.165) is 43.5 Å². The maximum Gasteiger partial charge on any atom is 0.424 e. The molecule has 0 aliphatic rings. The minimum absolute atomic E-state index is 0.00503. The third-order valence-corrected chi connectivity index (χ3v) is 5.87. The molecule has 0 saturated heterocycles. The van der Waals surface area contributed by atoms with Crippen LogP contribution in [0.3, 0.4) is 0 Å². The number of carbonyl (C=O) groups excluding carboxylic acids is 3. The zero-order chi connectivity index (χ0) is 31.2. The number of alkyl halides is 3. The highest BCUT2D eigenvalue weighted by Crippen LogP contribution is 2.42. The lowest BCUT2D eigenvalue weighted by Gasteiger charge is -2.31. The Morgan fingerprint density at radius 3 is 2.29 bits per heavy atom. The highest BCUT2D eigenvalue weighted by molar-refractivity contribution is 5.96. The fraction of sp³-hybridized carbons (Fsp3) is 0.259. The van der Waals surface area contributed by atoms with Crippen LogP contribution in [0.15, 0.2) is 48.5 Å². The second kappa shape index (κ2) is 12.8. The highest BCUT2D eigenvalue weighted by atomic mass is 19.4. The number of carbonyl (C=O) groups is 3. The van der Waals surface area contributed by atoms with Gasteiger partial charge in [0.25, 0.3) is 5.91 Å². The van der Waals surface area contributed by atoms with Gasteiger partial charge in [-0.3, -0.25) is 14.9 Å². The van der Waals surface area contributed by atoms with E-state index in [9.17, 15) is 41.4 Å². The van der Waals surface area contributed by atoms with Crippen LogP contribution in [0.5, 0.6) is 5.75 Å². The van der Waals surface area contributed by atoms with E-state index in [1.807, 2.05) is 10.6 Å². The molecule has 0 fully saturated rings. The minimum atomic E-state index is -5.44. The molecule has 0 saturated carbocycles. The van der Waals surface area contributed by atoms with Gasteiger partial charge in [0.2, 0.25) is 11.5 Å². The number of rotatable bonds is 10. The van der Waals surface area contributed by atoms with Gasteiger partial charge < -0.3 is 25.6 Å². The molecular formula is C27H25F5N4O6. The molecule has 1 aromatic heterocycles. The van der Waals surface area contributed by atoms with Crippen LogP contribution in [0.25, 0.3) is 11.3 Å². The number of pyridine rings is 1. The molecular weight excluding hydrogens is 571 g/mol. The first kappa shape index (κ1) is 31.7. The van der Waals surface area contributed by atoms with Crippen LogP contribution in [-0.2, 0) is 21.6 Å². The van der Waals surface area contributed by atoms with Crippen molar-refractivity contribution in [1.82, 2.24) is 10.3 Å². The molecule has 1 heterocycles. The van der Waals surface area contributed by atoms with Crippen molar-refractivity contribution in [3.05, 3.63) is 77.0 Å². The molecule has 5 N–H and O–H groups in total. The molecule has 1 atom stereocenters. The molecule has 224 valence electrons. The van der Waals surface area contributed by atoms with Crippen molar-refractivity contribution in [2.45, 2.75) is 25.1 Å². The summed E-state index contributed by atoms with van der Waals surface area (Å²) >= 11 is 0. The van der Waals surface area contributed by atoms with Gasteiger partial charge in [-0.25, -0.2) is 18.6 Å². The predicted octanol–water partition coefficient (Wildman–Crippen LogP) is 3.81. The average molecular weight is 597 g/mol. The van der Waals surface area contributed by atoms with Crippen LogP contribution in [0, 0.1) is 11.6 Å². The third-order valence-electron chi connectivity index (χ3n) is 5.87. The second-order valence-corrected chi connectivity index (χ2v) is 8.78. The van der Waals surface area contributed by atoms with Crippen molar-refractivity contribution in [2.75, 3.05) is 25.6 Å². The van der Waals surface area contributed by atoms with E-state index in [1.54, 1.807) is 6.92 Å². The Bertz CT molecular complexity index is 1480. The van der Waals surface area contributed by atoms with Crippen LogP contribution in [0.1, 0.15) is 28.5 Å². The smallest absolute Gasteiger partial charge is 0.424 e. The number of aliphatic hydroxyl groups is 1. The first-order chi connectivity index (χ1) is 19.7. The normalized spacial score (nSPS) is 12.7. The summed E-state index contributed by atoms with van der Waals surface area (Å²) in [5, 5.41) is 15.0. The molecule has 0 radical (unpaired) electrons. The number of aromatic nitrogens is 1. The van der Waals surface area contributed by atoms with E-state index < -0.39 is 65.7 Å². The molecule has 0 bridgehead atoms. The van der Waals surface area contributed by atoms with Crippen LogP contribution >= 0.6 is 0 Å². The number of benzene rings is 2. The second-order valence-electron chi connectivity index (χ2n) is 8.78. The van der Waals surface area contributed by atoms with E-state index in [1.165, 1.54) is 12.1 Å². The van der Waals surface area contributed by atoms with Crippen LogP contribution in [0.4, 0.5) is 32.4 Å². The van der Waals surface area contributed by atoms with Crippen LogP contribution in [0.2, 0.25) is 0 Å². The van der Waals surface area contributed by atoms with Crippen LogP contribution < -0.4 is 21.1 Å². The number of methoxy groups -OCH3 is 1. The van der Waals surface area contributed by atoms with Gasteiger partial charge in [0.05, 0.1) is 38.1 Å². The maximum atomic E-state index is 14.4. The minimum Gasteiger partial charge on any atom is -0.491 e. The Hall–Kier alpha value is -4.79. The monoisotopic (exact) mass is 596 g/mol. The number of hydrogen-bond acceptors (Lipinski definition) is 7. The van der Waals surface area contributed by atoms with E-state index in [4.69, 9.17) is 10.5 Å². The van der Waals surface area contributed by atoms with Crippen molar-refractivity contribution in [3.63, 3.8) is 0 Å². The molecule has 0 aliphatic carbocycles. The Morgan fingerprint density at radius 2 is 1.71 bits per heavy atom. The number of nitrogens with one attached hydrogen (secondary N) is 2. The number of nitrogens with zero attached hydrogens (tertiary/aromatic N) is 1.